The van der Waals surface area contributed by atoms with E-state index in [2.05, 4.69) is 31.5 Å². The molecule has 1 atom stereocenters. The minimum atomic E-state index is 0. The van der Waals surface area contributed by atoms with Gasteiger partial charge in [0.1, 0.15) is 0 Å². The third kappa shape index (κ3) is 4.74. The van der Waals surface area contributed by atoms with Crippen LogP contribution in [0.2, 0.25) is 0 Å². The Morgan fingerprint density at radius 3 is 2.90 bits per heavy atom. The average Bonchev–Trinajstić information content (AvgIpc) is 2.86. The number of likely N-dealkylation sites (N-methyl/N-ethyl adjacent to an activating group) is 1. The van der Waals surface area contributed by atoms with E-state index in [9.17, 15) is 4.79 Å². The van der Waals surface area contributed by atoms with E-state index in [1.807, 2.05) is 32.2 Å². The molecule has 4 nitrogen and oxygen atoms in total. The molecule has 1 amide bonds. The highest BCUT2D eigenvalue weighted by Crippen LogP contribution is 2.20. The minimum absolute atomic E-state index is 0. The van der Waals surface area contributed by atoms with Crippen molar-refractivity contribution in [2.75, 3.05) is 32.0 Å². The first-order chi connectivity index (χ1) is 9.06. The largest absolute Gasteiger partial charge is 0.325 e. The van der Waals surface area contributed by atoms with Crippen molar-refractivity contribution in [3.05, 3.63) is 28.2 Å². The number of nitrogens with one attached hydrogen (secondary N) is 2. The Labute approximate surface area is 134 Å². The summed E-state index contributed by atoms with van der Waals surface area (Å²) in [5.41, 5.74) is 1.94. The van der Waals surface area contributed by atoms with Gasteiger partial charge in [-0.15, -0.1) is 12.4 Å². The first-order valence-electron chi connectivity index (χ1n) is 6.53. The standard InChI is InChI=1S/C14H20BrN3O.ClH/c1-10-7-11(15)3-4-13(10)17-14(19)9-18(2)12-5-6-16-8-12;/h3-4,7,12,16H,5-6,8-9H2,1-2H3,(H,17,19);1H. The second-order valence-electron chi connectivity index (χ2n) is 5.07. The van der Waals surface area contributed by atoms with Gasteiger partial charge in [-0.2, -0.15) is 0 Å². The van der Waals surface area contributed by atoms with Gasteiger partial charge in [0.2, 0.25) is 5.91 Å². The SMILES string of the molecule is Cc1cc(Br)ccc1NC(=O)CN(C)C1CCNC1.Cl. The molecule has 0 spiro atoms. The second-order valence-corrected chi connectivity index (χ2v) is 5.98. The molecule has 20 heavy (non-hydrogen) atoms. The molecule has 1 unspecified atom stereocenters. The molecule has 0 saturated carbocycles. The number of anilines is 1. The molecule has 1 aromatic carbocycles. The van der Waals surface area contributed by atoms with E-state index in [1.165, 1.54) is 0 Å². The lowest BCUT2D eigenvalue weighted by molar-refractivity contribution is -0.117. The summed E-state index contributed by atoms with van der Waals surface area (Å²) in [7, 11) is 2.01. The molecule has 112 valence electrons. The number of carbonyl (C=O) groups is 1. The summed E-state index contributed by atoms with van der Waals surface area (Å²) in [5.74, 6) is 0.0415. The summed E-state index contributed by atoms with van der Waals surface area (Å²) in [5, 5.41) is 6.28. The monoisotopic (exact) mass is 361 g/mol. The van der Waals surface area contributed by atoms with E-state index in [1.54, 1.807) is 0 Å². The zero-order chi connectivity index (χ0) is 13.8. The Bertz CT molecular complexity index is 464. The van der Waals surface area contributed by atoms with Gasteiger partial charge in [-0.05, 0) is 50.7 Å². The lowest BCUT2D eigenvalue weighted by Crippen LogP contribution is -2.39. The zero-order valence-corrected chi connectivity index (χ0v) is 14.2. The third-order valence-electron chi connectivity index (χ3n) is 3.51. The van der Waals surface area contributed by atoms with Crippen LogP contribution >= 0.6 is 28.3 Å². The first-order valence-corrected chi connectivity index (χ1v) is 7.32. The van der Waals surface area contributed by atoms with Crippen molar-refractivity contribution in [3.63, 3.8) is 0 Å². The summed E-state index contributed by atoms with van der Waals surface area (Å²) in [4.78, 5) is 14.1. The molecule has 0 bridgehead atoms. The van der Waals surface area contributed by atoms with E-state index in [0.717, 1.165) is 35.2 Å². The predicted molar refractivity (Wildman–Crippen MR) is 88.7 cm³/mol. The van der Waals surface area contributed by atoms with Crippen LogP contribution in [0, 0.1) is 6.92 Å². The number of nitrogens with zero attached hydrogens (tertiary/aromatic N) is 1. The van der Waals surface area contributed by atoms with Gasteiger partial charge in [0.25, 0.3) is 0 Å². The molecule has 0 aliphatic carbocycles. The molecule has 1 aromatic rings. The van der Waals surface area contributed by atoms with Gasteiger partial charge in [0, 0.05) is 22.7 Å². The molecular weight excluding hydrogens is 342 g/mol. The number of benzene rings is 1. The van der Waals surface area contributed by atoms with E-state index in [0.29, 0.717) is 12.6 Å². The predicted octanol–water partition coefficient (Wildman–Crippen LogP) is 2.41. The molecule has 0 aromatic heterocycles. The van der Waals surface area contributed by atoms with Crippen LogP contribution in [0.4, 0.5) is 5.69 Å². The van der Waals surface area contributed by atoms with Crippen LogP contribution in [0.25, 0.3) is 0 Å². The molecule has 2 N–H and O–H groups in total. The van der Waals surface area contributed by atoms with E-state index in [-0.39, 0.29) is 18.3 Å². The normalized spacial score (nSPS) is 17.9. The maximum atomic E-state index is 12.0. The van der Waals surface area contributed by atoms with Crippen molar-refractivity contribution in [1.82, 2.24) is 10.2 Å². The topological polar surface area (TPSA) is 44.4 Å². The molecule has 0 radical (unpaired) electrons. The Morgan fingerprint density at radius 1 is 1.55 bits per heavy atom. The van der Waals surface area contributed by atoms with E-state index in [4.69, 9.17) is 0 Å². The van der Waals surface area contributed by atoms with Crippen LogP contribution < -0.4 is 10.6 Å². The van der Waals surface area contributed by atoms with Crippen molar-refractivity contribution >= 4 is 39.9 Å². The lowest BCUT2D eigenvalue weighted by Gasteiger charge is -2.22. The first kappa shape index (κ1) is 17.4. The fraction of sp³-hybridized carbons (Fsp3) is 0.500. The zero-order valence-electron chi connectivity index (χ0n) is 11.8. The van der Waals surface area contributed by atoms with Gasteiger partial charge in [0.05, 0.1) is 6.54 Å². The van der Waals surface area contributed by atoms with Crippen LogP contribution in [0.5, 0.6) is 0 Å². The number of rotatable bonds is 4. The Morgan fingerprint density at radius 2 is 2.30 bits per heavy atom. The lowest BCUT2D eigenvalue weighted by atomic mass is 10.2. The average molecular weight is 363 g/mol. The number of amides is 1. The highest BCUT2D eigenvalue weighted by atomic mass is 79.9. The number of hydrogen-bond donors (Lipinski definition) is 2. The number of hydrogen-bond acceptors (Lipinski definition) is 3. The van der Waals surface area contributed by atoms with Gasteiger partial charge in [0.15, 0.2) is 0 Å². The summed E-state index contributed by atoms with van der Waals surface area (Å²) < 4.78 is 1.03. The van der Waals surface area contributed by atoms with Crippen molar-refractivity contribution in [1.29, 1.82) is 0 Å². The van der Waals surface area contributed by atoms with Crippen LogP contribution in [0.3, 0.4) is 0 Å². The van der Waals surface area contributed by atoms with E-state index >= 15 is 0 Å². The van der Waals surface area contributed by atoms with Gasteiger partial charge in [-0.1, -0.05) is 15.9 Å². The van der Waals surface area contributed by atoms with Gasteiger partial charge >= 0.3 is 0 Å². The van der Waals surface area contributed by atoms with Crippen molar-refractivity contribution in [2.45, 2.75) is 19.4 Å². The fourth-order valence-electron chi connectivity index (χ4n) is 2.33. The third-order valence-corrected chi connectivity index (χ3v) is 4.01. The van der Waals surface area contributed by atoms with Gasteiger partial charge in [-0.3, -0.25) is 9.69 Å². The minimum Gasteiger partial charge on any atom is -0.325 e. The van der Waals surface area contributed by atoms with Gasteiger partial charge < -0.3 is 10.6 Å². The summed E-state index contributed by atoms with van der Waals surface area (Å²) >= 11 is 3.42. The van der Waals surface area contributed by atoms with E-state index < -0.39 is 0 Å². The highest BCUT2D eigenvalue weighted by Gasteiger charge is 2.20. The molecule has 2 rings (SSSR count). The molecular formula is C14H21BrClN3O. The molecule has 6 heteroatoms. The fourth-order valence-corrected chi connectivity index (χ4v) is 2.80. The summed E-state index contributed by atoms with van der Waals surface area (Å²) in [6, 6.07) is 6.33. The number of aryl methyl sites for hydroxylation is 1. The molecule has 1 heterocycles. The molecule has 1 aliphatic rings. The second kappa shape index (κ2) is 7.98. The number of carbonyl (C=O) groups excluding carboxylic acids is 1. The van der Waals surface area contributed by atoms with Crippen molar-refractivity contribution in [2.24, 2.45) is 0 Å². The smallest absolute Gasteiger partial charge is 0.238 e. The van der Waals surface area contributed by atoms with Crippen molar-refractivity contribution in [3.8, 4) is 0 Å². The maximum absolute atomic E-state index is 12.0. The van der Waals surface area contributed by atoms with Crippen LogP contribution in [-0.4, -0.2) is 43.5 Å². The van der Waals surface area contributed by atoms with Gasteiger partial charge in [-0.25, -0.2) is 0 Å². The quantitative estimate of drug-likeness (QED) is 0.864. The Kier molecular flexibility index (Phi) is 6.95. The number of halogens is 2. The Hall–Kier alpha value is -0.620. The summed E-state index contributed by atoms with van der Waals surface area (Å²) in [6.45, 7) is 4.44. The molecule has 1 saturated heterocycles. The molecule has 1 aliphatic heterocycles. The summed E-state index contributed by atoms with van der Waals surface area (Å²) in [6.07, 6.45) is 1.11. The van der Waals surface area contributed by atoms with Crippen LogP contribution in [0.1, 0.15) is 12.0 Å². The van der Waals surface area contributed by atoms with Crippen LogP contribution in [0.15, 0.2) is 22.7 Å². The van der Waals surface area contributed by atoms with Crippen LogP contribution in [-0.2, 0) is 4.79 Å². The van der Waals surface area contributed by atoms with Crippen molar-refractivity contribution < 1.29 is 4.79 Å². The maximum Gasteiger partial charge on any atom is 0.238 e. The molecule has 1 fully saturated rings. The Balaban J connectivity index is 0.00000200. The highest BCUT2D eigenvalue weighted by molar-refractivity contribution is 9.10.